The molecule has 3 aromatic carbocycles. The number of nitrogens with one attached hydrogen (secondary N) is 2. The highest BCUT2D eigenvalue weighted by Crippen LogP contribution is 2.27. The Morgan fingerprint density at radius 3 is 1.78 bits per heavy atom. The van der Waals surface area contributed by atoms with E-state index in [1.54, 1.807) is 65.8 Å². The van der Waals surface area contributed by atoms with Gasteiger partial charge in [0, 0.05) is 24.9 Å². The number of nitrogens with zero attached hydrogens (tertiary/aromatic N) is 1. The van der Waals surface area contributed by atoms with E-state index >= 15 is 0 Å². The van der Waals surface area contributed by atoms with Crippen molar-refractivity contribution in [3.63, 3.8) is 0 Å². The van der Waals surface area contributed by atoms with Crippen LogP contribution < -0.4 is 10.6 Å². The van der Waals surface area contributed by atoms with E-state index in [0.717, 1.165) is 11.1 Å². The van der Waals surface area contributed by atoms with Gasteiger partial charge in [-0.25, -0.2) is 9.59 Å². The molecule has 0 aliphatic heterocycles. The zero-order chi connectivity index (χ0) is 36.9. The second kappa shape index (κ2) is 18.1. The van der Waals surface area contributed by atoms with Crippen molar-refractivity contribution >= 4 is 23.9 Å². The number of hydrogen-bond acceptors (Lipinski definition) is 6. The second-order valence-electron chi connectivity index (χ2n) is 14.2. The summed E-state index contributed by atoms with van der Waals surface area (Å²) < 4.78 is 11.3. The van der Waals surface area contributed by atoms with Gasteiger partial charge in [0.15, 0.2) is 0 Å². The Hall–Kier alpha value is -5.10. The fourth-order valence-electron chi connectivity index (χ4n) is 5.38. The van der Waals surface area contributed by atoms with E-state index in [2.05, 4.69) is 16.6 Å². The molecule has 50 heavy (non-hydrogen) atoms. The molecule has 9 nitrogen and oxygen atoms in total. The normalized spacial score (nSPS) is 13.2. The molecule has 0 aliphatic carbocycles. The molecule has 3 amide bonds. The Balaban J connectivity index is 2.14. The van der Waals surface area contributed by atoms with Crippen LogP contribution in [0.1, 0.15) is 89.6 Å². The van der Waals surface area contributed by atoms with Gasteiger partial charge in [-0.05, 0) is 70.7 Å². The van der Waals surface area contributed by atoms with Crippen LogP contribution in [-0.4, -0.2) is 58.6 Å². The Morgan fingerprint density at radius 1 is 0.740 bits per heavy atom. The molecule has 0 fully saturated rings. The lowest BCUT2D eigenvalue weighted by atomic mass is 9.95. The first-order valence-electron chi connectivity index (χ1n) is 17.1. The van der Waals surface area contributed by atoms with Gasteiger partial charge in [-0.15, -0.1) is 6.42 Å². The summed E-state index contributed by atoms with van der Waals surface area (Å²) in [5, 5.41) is 5.69. The van der Waals surface area contributed by atoms with Gasteiger partial charge in [-0.2, -0.15) is 0 Å². The van der Waals surface area contributed by atoms with Crippen LogP contribution in [0.15, 0.2) is 84.9 Å². The van der Waals surface area contributed by atoms with Crippen LogP contribution in [0.25, 0.3) is 0 Å². The quantitative estimate of drug-likeness (QED) is 0.148. The minimum Gasteiger partial charge on any atom is -0.458 e. The summed E-state index contributed by atoms with van der Waals surface area (Å²) in [7, 11) is 0. The molecule has 0 saturated carbocycles. The first-order chi connectivity index (χ1) is 23.6. The minimum atomic E-state index is -1.25. The number of ether oxygens (including phenoxy) is 2. The molecule has 2 N–H and O–H groups in total. The fourth-order valence-corrected chi connectivity index (χ4v) is 5.38. The lowest BCUT2D eigenvalue weighted by molar-refractivity contribution is -0.159. The molecule has 0 aromatic heterocycles. The number of amides is 3. The average Bonchev–Trinajstić information content (AvgIpc) is 3.05. The van der Waals surface area contributed by atoms with Crippen LogP contribution in [0.4, 0.5) is 4.79 Å². The van der Waals surface area contributed by atoms with Gasteiger partial charge >= 0.3 is 12.1 Å². The van der Waals surface area contributed by atoms with Crippen LogP contribution in [0.3, 0.4) is 0 Å². The van der Waals surface area contributed by atoms with Crippen LogP contribution >= 0.6 is 0 Å². The molecule has 3 unspecified atom stereocenters. The molecule has 0 aliphatic rings. The van der Waals surface area contributed by atoms with E-state index in [1.165, 1.54) is 4.90 Å². The van der Waals surface area contributed by atoms with Crippen molar-refractivity contribution in [3.8, 4) is 12.3 Å². The van der Waals surface area contributed by atoms with Gasteiger partial charge in [-0.3, -0.25) is 9.59 Å². The van der Waals surface area contributed by atoms with Gasteiger partial charge < -0.3 is 25.0 Å². The zero-order valence-corrected chi connectivity index (χ0v) is 30.3. The third kappa shape index (κ3) is 12.4. The lowest BCUT2D eigenvalue weighted by Gasteiger charge is -2.36. The highest BCUT2D eigenvalue weighted by molar-refractivity contribution is 5.94. The summed E-state index contributed by atoms with van der Waals surface area (Å²) in [6.45, 7) is 12.6. The molecular weight excluding hydrogens is 630 g/mol. The van der Waals surface area contributed by atoms with Gasteiger partial charge in [-0.1, -0.05) is 98.1 Å². The summed E-state index contributed by atoms with van der Waals surface area (Å²) in [6, 6.07) is 22.1. The number of unbranched alkanes of at least 4 members (excludes halogenated alkanes) is 1. The Bertz CT molecular complexity index is 1620. The van der Waals surface area contributed by atoms with Gasteiger partial charge in [0.25, 0.3) is 0 Å². The van der Waals surface area contributed by atoms with Crippen molar-refractivity contribution in [2.75, 3.05) is 6.54 Å². The SMILES string of the molecule is C#Cc1ccccc1C(C(=O)NC(Cc1ccccc1)C(=O)OC(C)(C)C)N(CCCC)C(=O)C(Cc1ccccc1)NC(=O)OC(C)(C)C. The number of alkyl carbamates (subject to hydrolysis) is 1. The van der Waals surface area contributed by atoms with Crippen LogP contribution in [0.5, 0.6) is 0 Å². The average molecular weight is 682 g/mol. The third-order valence-corrected chi connectivity index (χ3v) is 7.57. The molecule has 0 heterocycles. The predicted molar refractivity (Wildman–Crippen MR) is 195 cm³/mol. The van der Waals surface area contributed by atoms with E-state index in [0.29, 0.717) is 24.0 Å². The standard InChI is InChI=1S/C41H51N3O6/c1-9-11-26-44(37(46)33(27-29-20-14-12-15-21-29)43-39(48)50-41(6,7)8)35(32-25-19-18-24-31(32)10-2)36(45)42-34(38(47)49-40(3,4)5)28-30-22-16-13-17-23-30/h2,12-25,33-35H,9,11,26-28H2,1,3-8H3,(H,42,45)(H,43,48). The molecule has 0 radical (unpaired) electrons. The molecule has 3 atom stereocenters. The zero-order valence-electron chi connectivity index (χ0n) is 30.3. The van der Waals surface area contributed by atoms with Crippen LogP contribution in [-0.2, 0) is 36.7 Å². The van der Waals surface area contributed by atoms with E-state index < -0.39 is 53.2 Å². The molecule has 3 rings (SSSR count). The molecular formula is C41H51N3O6. The molecule has 0 bridgehead atoms. The Kier molecular flexibility index (Phi) is 14.2. The van der Waals surface area contributed by atoms with Crippen molar-refractivity contribution in [1.29, 1.82) is 0 Å². The maximum Gasteiger partial charge on any atom is 0.408 e. The molecule has 266 valence electrons. The van der Waals surface area contributed by atoms with E-state index in [4.69, 9.17) is 15.9 Å². The maximum absolute atomic E-state index is 14.8. The Morgan fingerprint density at radius 2 is 1.26 bits per heavy atom. The van der Waals surface area contributed by atoms with Crippen molar-refractivity contribution < 1.29 is 28.7 Å². The van der Waals surface area contributed by atoms with Crippen molar-refractivity contribution in [2.24, 2.45) is 0 Å². The summed E-state index contributed by atoms with van der Waals surface area (Å²) in [4.78, 5) is 57.7. The smallest absolute Gasteiger partial charge is 0.408 e. The van der Waals surface area contributed by atoms with Gasteiger partial charge in [0.05, 0.1) is 0 Å². The highest BCUT2D eigenvalue weighted by atomic mass is 16.6. The summed E-state index contributed by atoms with van der Waals surface area (Å²) in [5.74, 6) is 0.929. The predicted octanol–water partition coefficient (Wildman–Crippen LogP) is 6.54. The van der Waals surface area contributed by atoms with E-state index in [-0.39, 0.29) is 19.4 Å². The number of esters is 1. The number of benzene rings is 3. The van der Waals surface area contributed by atoms with Gasteiger partial charge in [0.2, 0.25) is 11.8 Å². The number of rotatable bonds is 14. The van der Waals surface area contributed by atoms with Crippen LogP contribution in [0.2, 0.25) is 0 Å². The first-order valence-corrected chi connectivity index (χ1v) is 17.1. The number of carbonyl (C=O) groups excluding carboxylic acids is 4. The summed E-state index contributed by atoms with van der Waals surface area (Å²) >= 11 is 0. The van der Waals surface area contributed by atoms with E-state index in [1.807, 2.05) is 67.6 Å². The summed E-state index contributed by atoms with van der Waals surface area (Å²) in [6.07, 6.45) is 6.74. The fraction of sp³-hybridized carbons (Fsp3) is 0.415. The third-order valence-electron chi connectivity index (χ3n) is 7.57. The van der Waals surface area contributed by atoms with Gasteiger partial charge in [0.1, 0.15) is 29.3 Å². The number of hydrogen-bond donors (Lipinski definition) is 2. The first kappa shape index (κ1) is 39.3. The Labute approximate surface area is 297 Å². The largest absolute Gasteiger partial charge is 0.458 e. The second-order valence-corrected chi connectivity index (χ2v) is 14.2. The van der Waals surface area contributed by atoms with E-state index in [9.17, 15) is 19.2 Å². The molecule has 0 saturated heterocycles. The highest BCUT2D eigenvalue weighted by Gasteiger charge is 2.39. The topological polar surface area (TPSA) is 114 Å². The monoisotopic (exact) mass is 681 g/mol. The molecule has 3 aromatic rings. The molecule has 9 heteroatoms. The number of carbonyl (C=O) groups is 4. The summed E-state index contributed by atoms with van der Waals surface area (Å²) in [5.41, 5.74) is 0.820. The lowest BCUT2D eigenvalue weighted by Crippen LogP contribution is -2.55. The van der Waals surface area contributed by atoms with Crippen molar-refractivity contribution in [1.82, 2.24) is 15.5 Å². The minimum absolute atomic E-state index is 0.140. The molecule has 0 spiro atoms. The number of terminal acetylenes is 1. The van der Waals surface area contributed by atoms with Crippen molar-refractivity contribution in [2.45, 2.75) is 103 Å². The van der Waals surface area contributed by atoms with Crippen molar-refractivity contribution in [3.05, 3.63) is 107 Å². The maximum atomic E-state index is 14.8. The van der Waals surface area contributed by atoms with Crippen LogP contribution in [0, 0.1) is 12.3 Å².